The molecule has 1 amide bonds. The minimum Gasteiger partial charge on any atom is -0.409 e. The Labute approximate surface area is 133 Å². The van der Waals surface area contributed by atoms with Gasteiger partial charge >= 0.3 is 0 Å². The van der Waals surface area contributed by atoms with Crippen LogP contribution in [-0.2, 0) is 4.74 Å². The van der Waals surface area contributed by atoms with E-state index in [1.807, 2.05) is 0 Å². The molecule has 0 radical (unpaired) electrons. The van der Waals surface area contributed by atoms with E-state index in [-0.39, 0.29) is 29.7 Å². The van der Waals surface area contributed by atoms with E-state index in [1.165, 1.54) is 4.90 Å². The normalized spacial score (nSPS) is 11.5. The minimum absolute atomic E-state index is 0.0439. The average molecular weight is 334 g/mol. The summed E-state index contributed by atoms with van der Waals surface area (Å²) in [4.78, 5) is 14.0. The zero-order chi connectivity index (χ0) is 15.8. The number of oxime groups is 1. The second-order valence-corrected chi connectivity index (χ2v) is 5.01. The lowest BCUT2D eigenvalue weighted by Gasteiger charge is -2.22. The molecule has 6 nitrogen and oxygen atoms in total. The van der Waals surface area contributed by atoms with Crippen molar-refractivity contribution in [3.8, 4) is 0 Å². The van der Waals surface area contributed by atoms with Crippen LogP contribution in [0.1, 0.15) is 16.8 Å². The molecule has 0 heterocycles. The molecule has 0 aromatic heterocycles. The molecule has 116 valence electrons. The number of carbonyl (C=O) groups is 1. The molecule has 0 saturated carbocycles. The van der Waals surface area contributed by atoms with Crippen LogP contribution in [0, 0.1) is 0 Å². The third kappa shape index (κ3) is 5.08. The Morgan fingerprint density at radius 2 is 2.14 bits per heavy atom. The smallest absolute Gasteiger partial charge is 0.255 e. The van der Waals surface area contributed by atoms with Gasteiger partial charge in [0.25, 0.3) is 5.91 Å². The van der Waals surface area contributed by atoms with Gasteiger partial charge in [-0.25, -0.2) is 0 Å². The second-order valence-electron chi connectivity index (χ2n) is 4.23. The van der Waals surface area contributed by atoms with Crippen LogP contribution in [0.25, 0.3) is 0 Å². The molecule has 0 fully saturated rings. The number of carbonyl (C=O) groups excluding carboxylic acids is 1. The molecule has 1 aromatic rings. The highest BCUT2D eigenvalue weighted by Crippen LogP contribution is 2.26. The molecule has 0 unspecified atom stereocenters. The Bertz CT molecular complexity index is 523. The van der Waals surface area contributed by atoms with Crippen molar-refractivity contribution >= 4 is 34.9 Å². The number of amides is 1. The van der Waals surface area contributed by atoms with Crippen LogP contribution in [0.2, 0.25) is 10.0 Å². The standard InChI is InChI=1S/C13H17Cl2N3O3/c1-21-8-7-18(6-5-11(16)17-20)13(19)9-3-2-4-10(14)12(9)15/h2-4,20H,5-8H2,1H3,(H2,16,17). The van der Waals surface area contributed by atoms with Crippen molar-refractivity contribution in [3.05, 3.63) is 33.8 Å². The first-order valence-electron chi connectivity index (χ1n) is 6.19. The molecule has 21 heavy (non-hydrogen) atoms. The molecule has 0 spiro atoms. The van der Waals surface area contributed by atoms with Crippen molar-refractivity contribution in [1.82, 2.24) is 4.90 Å². The number of methoxy groups -OCH3 is 1. The van der Waals surface area contributed by atoms with Crippen LogP contribution >= 0.6 is 23.2 Å². The number of hydrogen-bond acceptors (Lipinski definition) is 4. The molecule has 0 aliphatic heterocycles. The average Bonchev–Trinajstić information content (AvgIpc) is 2.49. The minimum atomic E-state index is -0.287. The summed E-state index contributed by atoms with van der Waals surface area (Å²) >= 11 is 12.0. The summed E-state index contributed by atoms with van der Waals surface area (Å²) < 4.78 is 4.98. The number of nitrogens with zero attached hydrogens (tertiary/aromatic N) is 2. The van der Waals surface area contributed by atoms with E-state index in [0.29, 0.717) is 23.7 Å². The predicted molar refractivity (Wildman–Crippen MR) is 82.3 cm³/mol. The van der Waals surface area contributed by atoms with Crippen LogP contribution in [-0.4, -0.2) is 48.7 Å². The fourth-order valence-corrected chi connectivity index (χ4v) is 2.04. The molecular weight excluding hydrogens is 317 g/mol. The molecule has 0 saturated heterocycles. The highest BCUT2D eigenvalue weighted by Gasteiger charge is 2.19. The molecule has 1 aromatic carbocycles. The van der Waals surface area contributed by atoms with Gasteiger partial charge in [0.15, 0.2) is 0 Å². The van der Waals surface area contributed by atoms with Crippen molar-refractivity contribution < 1.29 is 14.7 Å². The lowest BCUT2D eigenvalue weighted by molar-refractivity contribution is 0.0700. The van der Waals surface area contributed by atoms with Gasteiger partial charge in [0.2, 0.25) is 0 Å². The summed E-state index contributed by atoms with van der Waals surface area (Å²) in [5.41, 5.74) is 5.73. The number of amidine groups is 1. The summed E-state index contributed by atoms with van der Waals surface area (Å²) in [6, 6.07) is 4.86. The van der Waals surface area contributed by atoms with E-state index in [4.69, 9.17) is 38.9 Å². The summed E-state index contributed by atoms with van der Waals surface area (Å²) in [6.45, 7) is 0.998. The van der Waals surface area contributed by atoms with Crippen LogP contribution in [0.3, 0.4) is 0 Å². The molecular formula is C13H17Cl2N3O3. The van der Waals surface area contributed by atoms with Crippen LogP contribution in [0.5, 0.6) is 0 Å². The quantitative estimate of drug-likeness (QED) is 0.346. The molecule has 3 N–H and O–H groups in total. The highest BCUT2D eigenvalue weighted by atomic mass is 35.5. The van der Waals surface area contributed by atoms with Gasteiger partial charge in [-0.3, -0.25) is 4.79 Å². The molecule has 0 bridgehead atoms. The van der Waals surface area contributed by atoms with Crippen LogP contribution in [0.4, 0.5) is 0 Å². The summed E-state index contributed by atoms with van der Waals surface area (Å²) in [5, 5.41) is 12.0. The fourth-order valence-electron chi connectivity index (χ4n) is 1.66. The maximum atomic E-state index is 12.5. The first-order valence-corrected chi connectivity index (χ1v) is 6.95. The van der Waals surface area contributed by atoms with E-state index in [0.717, 1.165) is 0 Å². The Balaban J connectivity index is 2.90. The van der Waals surface area contributed by atoms with Gasteiger partial charge in [-0.2, -0.15) is 0 Å². The topological polar surface area (TPSA) is 88.2 Å². The van der Waals surface area contributed by atoms with E-state index in [9.17, 15) is 4.79 Å². The summed E-state index contributed by atoms with van der Waals surface area (Å²) in [7, 11) is 1.54. The van der Waals surface area contributed by atoms with Crippen LogP contribution in [0.15, 0.2) is 23.4 Å². The SMILES string of the molecule is COCCN(CCC(N)=NO)C(=O)c1cccc(Cl)c1Cl. The zero-order valence-corrected chi connectivity index (χ0v) is 13.1. The largest absolute Gasteiger partial charge is 0.409 e. The van der Waals surface area contributed by atoms with Crippen molar-refractivity contribution in [2.24, 2.45) is 10.9 Å². The molecule has 1 rings (SSSR count). The lowest BCUT2D eigenvalue weighted by Crippen LogP contribution is -2.36. The summed E-state index contributed by atoms with van der Waals surface area (Å²) in [5.74, 6) is -0.243. The van der Waals surface area contributed by atoms with Gasteiger partial charge in [0.05, 0.1) is 22.2 Å². The van der Waals surface area contributed by atoms with Crippen molar-refractivity contribution in [2.45, 2.75) is 6.42 Å². The van der Waals surface area contributed by atoms with E-state index < -0.39 is 0 Å². The zero-order valence-electron chi connectivity index (χ0n) is 11.6. The number of rotatable bonds is 7. The third-order valence-electron chi connectivity index (χ3n) is 2.80. The van der Waals surface area contributed by atoms with E-state index >= 15 is 0 Å². The number of benzene rings is 1. The van der Waals surface area contributed by atoms with Crippen molar-refractivity contribution in [1.29, 1.82) is 0 Å². The Kier molecular flexibility index (Phi) is 7.28. The van der Waals surface area contributed by atoms with Gasteiger partial charge in [0.1, 0.15) is 5.84 Å². The highest BCUT2D eigenvalue weighted by molar-refractivity contribution is 6.43. The monoisotopic (exact) mass is 333 g/mol. The predicted octanol–water partition coefficient (Wildman–Crippen LogP) is 2.22. The Hall–Kier alpha value is -1.50. The van der Waals surface area contributed by atoms with Gasteiger partial charge in [-0.15, -0.1) is 0 Å². The third-order valence-corrected chi connectivity index (χ3v) is 3.62. The molecule has 0 atom stereocenters. The fraction of sp³-hybridized carbons (Fsp3) is 0.385. The number of nitrogens with two attached hydrogens (primary N) is 1. The van der Waals surface area contributed by atoms with Crippen LogP contribution < -0.4 is 5.73 Å². The van der Waals surface area contributed by atoms with Gasteiger partial charge in [0, 0.05) is 26.6 Å². The first kappa shape index (κ1) is 17.6. The van der Waals surface area contributed by atoms with Gasteiger partial charge in [-0.1, -0.05) is 34.4 Å². The maximum absolute atomic E-state index is 12.5. The lowest BCUT2D eigenvalue weighted by atomic mass is 10.2. The number of ether oxygens (including phenoxy) is 1. The van der Waals surface area contributed by atoms with Crippen molar-refractivity contribution in [3.63, 3.8) is 0 Å². The summed E-state index contributed by atoms with van der Waals surface area (Å²) in [6.07, 6.45) is 0.240. The first-order chi connectivity index (χ1) is 10.0. The number of halogens is 2. The molecule has 0 aliphatic rings. The number of hydrogen-bond donors (Lipinski definition) is 2. The molecule has 8 heteroatoms. The Morgan fingerprint density at radius 1 is 1.43 bits per heavy atom. The van der Waals surface area contributed by atoms with Crippen molar-refractivity contribution in [2.75, 3.05) is 26.8 Å². The van der Waals surface area contributed by atoms with Gasteiger partial charge in [-0.05, 0) is 12.1 Å². The molecule has 0 aliphatic carbocycles. The Morgan fingerprint density at radius 3 is 2.76 bits per heavy atom. The van der Waals surface area contributed by atoms with Gasteiger partial charge < -0.3 is 20.6 Å². The maximum Gasteiger partial charge on any atom is 0.255 e. The van der Waals surface area contributed by atoms with E-state index in [2.05, 4.69) is 5.16 Å². The second kappa shape index (κ2) is 8.71. The van der Waals surface area contributed by atoms with E-state index in [1.54, 1.807) is 25.3 Å².